The number of piperazine rings is 1. The van der Waals surface area contributed by atoms with Gasteiger partial charge in [0.05, 0.1) is 35.1 Å². The zero-order valence-corrected chi connectivity index (χ0v) is 26.9. The van der Waals surface area contributed by atoms with E-state index in [0.29, 0.717) is 19.0 Å². The molecule has 3 aromatic heterocycles. The van der Waals surface area contributed by atoms with Crippen LogP contribution in [0.1, 0.15) is 32.6 Å². The smallest absolute Gasteiger partial charge is 0.246 e. The number of aromatic nitrogens is 4. The number of hydrogen-bond acceptors (Lipinski definition) is 10. The number of anilines is 1. The van der Waals surface area contributed by atoms with Gasteiger partial charge in [-0.25, -0.2) is 9.97 Å². The highest BCUT2D eigenvalue weighted by Gasteiger charge is 2.23. The van der Waals surface area contributed by atoms with Gasteiger partial charge in [-0.15, -0.1) is 34.7 Å². The van der Waals surface area contributed by atoms with Gasteiger partial charge in [-0.3, -0.25) is 14.8 Å². The fourth-order valence-electron chi connectivity index (χ4n) is 4.79. The lowest BCUT2D eigenvalue weighted by Crippen LogP contribution is -2.47. The lowest BCUT2D eigenvalue weighted by molar-refractivity contribution is -0.127. The molecule has 0 radical (unpaired) electrons. The Balaban J connectivity index is 0.000000725. The molecule has 12 heteroatoms. The summed E-state index contributed by atoms with van der Waals surface area (Å²) in [4.78, 5) is 29.8. The van der Waals surface area contributed by atoms with Crippen LogP contribution in [0.15, 0.2) is 43.1 Å². The molecule has 0 saturated carbocycles. The number of ether oxygens (including phenoxy) is 1. The Hall–Kier alpha value is -2.64. The molecule has 2 fully saturated rings. The first-order chi connectivity index (χ1) is 20.2. The van der Waals surface area contributed by atoms with E-state index in [9.17, 15) is 4.79 Å². The van der Waals surface area contributed by atoms with Gasteiger partial charge >= 0.3 is 0 Å². The maximum Gasteiger partial charge on any atom is 0.246 e. The third-order valence-corrected chi connectivity index (χ3v) is 7.78. The van der Waals surface area contributed by atoms with Crippen LogP contribution >= 0.6 is 34.7 Å². The van der Waals surface area contributed by atoms with Crippen molar-refractivity contribution < 1.29 is 9.53 Å². The molecule has 1 aromatic carbocycles. The van der Waals surface area contributed by atoms with Crippen LogP contribution in [-0.4, -0.2) is 88.4 Å². The number of fused-ring (bicyclic) bond motifs is 2. The van der Waals surface area contributed by atoms with Crippen LogP contribution in [-0.2, 0) is 16.1 Å². The summed E-state index contributed by atoms with van der Waals surface area (Å²) in [5.41, 5.74) is 2.92. The van der Waals surface area contributed by atoms with E-state index in [1.165, 1.54) is 11.0 Å². The highest BCUT2D eigenvalue weighted by Crippen LogP contribution is 2.36. The van der Waals surface area contributed by atoms with Crippen molar-refractivity contribution in [3.63, 3.8) is 0 Å². The second kappa shape index (κ2) is 16.7. The Kier molecular flexibility index (Phi) is 13.4. The first-order valence-corrected chi connectivity index (χ1v) is 16.5. The van der Waals surface area contributed by atoms with Crippen LogP contribution in [0.2, 0.25) is 0 Å². The Morgan fingerprint density at radius 3 is 2.46 bits per heavy atom. The van der Waals surface area contributed by atoms with Gasteiger partial charge in [0.2, 0.25) is 5.91 Å². The number of benzene rings is 1. The number of morpholine rings is 1. The predicted octanol–water partition coefficient (Wildman–Crippen LogP) is 5.71. The van der Waals surface area contributed by atoms with Gasteiger partial charge in [0.1, 0.15) is 0 Å². The molecule has 0 bridgehead atoms. The molecule has 9 nitrogen and oxygen atoms in total. The first kappa shape index (κ1) is 32.9. The zero-order valence-electron chi connectivity index (χ0n) is 24.3. The molecule has 0 spiro atoms. The van der Waals surface area contributed by atoms with Crippen molar-refractivity contribution in [1.29, 1.82) is 0 Å². The van der Waals surface area contributed by atoms with Gasteiger partial charge in [0.15, 0.2) is 11.6 Å². The number of aromatic amines is 1. The summed E-state index contributed by atoms with van der Waals surface area (Å²) in [6.45, 7) is 18.6. The maximum absolute atomic E-state index is 11.9. The van der Waals surface area contributed by atoms with Crippen molar-refractivity contribution >= 4 is 67.5 Å². The van der Waals surface area contributed by atoms with Gasteiger partial charge < -0.3 is 14.5 Å². The lowest BCUT2D eigenvalue weighted by Gasteiger charge is -2.33. The quantitative estimate of drug-likeness (QED) is 0.150. The number of thiol groups is 2. The Bertz CT molecular complexity index is 1390. The SMILES string of the molecule is C=CC(=O)N1CCN(Cc2cc3nc(-c4cccc5[nH]ncc45)nc(N4CCOCC4)c3s2)CC1.CC.CC.SS. The molecule has 1 N–H and O–H groups in total. The Morgan fingerprint density at radius 1 is 1.07 bits per heavy atom. The summed E-state index contributed by atoms with van der Waals surface area (Å²) in [6.07, 6.45) is 3.23. The van der Waals surface area contributed by atoms with Gasteiger partial charge in [0, 0.05) is 61.6 Å². The number of carbonyl (C=O) groups excluding carboxylic acids is 1. The second-order valence-electron chi connectivity index (χ2n) is 8.84. The molecule has 5 heterocycles. The van der Waals surface area contributed by atoms with E-state index in [1.807, 2.05) is 50.9 Å². The van der Waals surface area contributed by atoms with E-state index < -0.39 is 0 Å². The summed E-state index contributed by atoms with van der Waals surface area (Å²) in [5.74, 6) is 1.70. The van der Waals surface area contributed by atoms with Crippen LogP contribution in [0.4, 0.5) is 5.82 Å². The monoisotopic (exact) mass is 615 g/mol. The van der Waals surface area contributed by atoms with Crippen molar-refractivity contribution in [3.05, 3.63) is 48.0 Å². The zero-order chi connectivity index (χ0) is 29.8. The Labute approximate surface area is 257 Å². The molecule has 222 valence electrons. The van der Waals surface area contributed by atoms with Crippen LogP contribution < -0.4 is 4.90 Å². The van der Waals surface area contributed by atoms with E-state index in [-0.39, 0.29) is 5.91 Å². The average molecular weight is 616 g/mol. The van der Waals surface area contributed by atoms with Crippen LogP contribution in [0.3, 0.4) is 0 Å². The number of nitrogens with zero attached hydrogens (tertiary/aromatic N) is 6. The normalized spacial score (nSPS) is 15.3. The van der Waals surface area contributed by atoms with E-state index in [2.05, 4.69) is 62.0 Å². The number of H-pyrrole nitrogens is 1. The van der Waals surface area contributed by atoms with Gasteiger partial charge in [-0.05, 0) is 18.2 Å². The second-order valence-corrected chi connectivity index (χ2v) is 9.98. The minimum absolute atomic E-state index is 0.0112. The van der Waals surface area contributed by atoms with Crippen molar-refractivity contribution in [1.82, 2.24) is 30.0 Å². The third-order valence-electron chi connectivity index (χ3n) is 6.68. The molecule has 2 aliphatic rings. The summed E-state index contributed by atoms with van der Waals surface area (Å²) in [6, 6.07) is 8.28. The summed E-state index contributed by atoms with van der Waals surface area (Å²) in [5, 5.41) is 8.27. The van der Waals surface area contributed by atoms with Gasteiger partial charge in [0.25, 0.3) is 0 Å². The van der Waals surface area contributed by atoms with Crippen molar-refractivity contribution in [2.24, 2.45) is 0 Å². The predicted molar refractivity (Wildman–Crippen MR) is 178 cm³/mol. The number of amides is 1. The number of rotatable bonds is 5. The average Bonchev–Trinajstić information content (AvgIpc) is 3.71. The van der Waals surface area contributed by atoms with Crippen LogP contribution in [0, 0.1) is 0 Å². The van der Waals surface area contributed by atoms with E-state index in [1.54, 1.807) is 11.3 Å². The van der Waals surface area contributed by atoms with Crippen LogP contribution in [0.25, 0.3) is 32.5 Å². The van der Waals surface area contributed by atoms with Crippen molar-refractivity contribution in [2.45, 2.75) is 34.2 Å². The molecule has 1 amide bonds. The van der Waals surface area contributed by atoms with Crippen molar-refractivity contribution in [2.75, 3.05) is 57.4 Å². The lowest BCUT2D eigenvalue weighted by atomic mass is 10.1. The Morgan fingerprint density at radius 2 is 1.78 bits per heavy atom. The molecule has 2 aliphatic heterocycles. The number of nitrogens with one attached hydrogen (secondary N) is 1. The molecule has 41 heavy (non-hydrogen) atoms. The summed E-state index contributed by atoms with van der Waals surface area (Å²) < 4.78 is 6.72. The minimum atomic E-state index is 0.0112. The fraction of sp³-hybridized carbons (Fsp3) is 0.448. The first-order valence-electron chi connectivity index (χ1n) is 14.1. The molecule has 6 rings (SSSR count). The molecular weight excluding hydrogens is 575 g/mol. The standard InChI is InChI=1S/C25H27N7O2S.2C2H6.H2S2/c1-2-22(33)31-8-6-30(7-9-31)16-17-14-21-23(35-17)25(32-10-12-34-13-11-32)28-24(27-21)18-4-3-5-20-19(18)15-26-29-20;3*1-2/h2-5,14-15H,1,6-13,16H2,(H,26,29);2*1-2H3;1-2H. The molecule has 0 atom stereocenters. The summed E-state index contributed by atoms with van der Waals surface area (Å²) in [7, 11) is 0. The highest BCUT2D eigenvalue weighted by molar-refractivity contribution is 8.59. The maximum atomic E-state index is 11.9. The van der Waals surface area contributed by atoms with Crippen LogP contribution in [0.5, 0.6) is 0 Å². The third kappa shape index (κ3) is 7.81. The molecule has 0 unspecified atom stereocenters. The minimum Gasteiger partial charge on any atom is -0.378 e. The number of carbonyl (C=O) groups is 1. The fourth-order valence-corrected chi connectivity index (χ4v) is 5.95. The number of hydrogen-bond donors (Lipinski definition) is 3. The van der Waals surface area contributed by atoms with Crippen molar-refractivity contribution in [3.8, 4) is 11.4 Å². The largest absolute Gasteiger partial charge is 0.378 e. The van der Waals surface area contributed by atoms with E-state index in [4.69, 9.17) is 14.7 Å². The summed E-state index contributed by atoms with van der Waals surface area (Å²) >= 11 is 8.21. The highest BCUT2D eigenvalue weighted by atomic mass is 33.1. The van der Waals surface area contributed by atoms with Gasteiger partial charge in [-0.2, -0.15) is 5.10 Å². The molecule has 2 saturated heterocycles. The van der Waals surface area contributed by atoms with Gasteiger partial charge in [-0.1, -0.05) is 46.4 Å². The topological polar surface area (TPSA) is 90.5 Å². The van der Waals surface area contributed by atoms with E-state index >= 15 is 0 Å². The van der Waals surface area contributed by atoms with E-state index in [0.717, 1.165) is 78.3 Å². The molecular formula is C29H41N7O2S3. The molecule has 0 aliphatic carbocycles. The number of thiophene rings is 1. The molecule has 4 aromatic rings.